The third-order valence-electron chi connectivity index (χ3n) is 3.01. The van der Waals surface area contributed by atoms with Crippen LogP contribution in [0.1, 0.15) is 44.0 Å². The van der Waals surface area contributed by atoms with Crippen molar-refractivity contribution >= 4 is 11.8 Å². The highest BCUT2D eigenvalue weighted by molar-refractivity contribution is 7.99. The summed E-state index contributed by atoms with van der Waals surface area (Å²) in [5, 5.41) is 0. The molecule has 0 spiro atoms. The maximum atomic E-state index is 5.79. The van der Waals surface area contributed by atoms with Crippen LogP contribution in [0.3, 0.4) is 0 Å². The van der Waals surface area contributed by atoms with Crippen LogP contribution in [0.4, 0.5) is 0 Å². The van der Waals surface area contributed by atoms with Crippen LogP contribution < -0.4 is 5.73 Å². The first-order chi connectivity index (χ1) is 9.06. The lowest BCUT2D eigenvalue weighted by Crippen LogP contribution is -2.06. The molecule has 19 heavy (non-hydrogen) atoms. The maximum absolute atomic E-state index is 5.79. The van der Waals surface area contributed by atoms with Crippen molar-refractivity contribution in [3.8, 4) is 0 Å². The Morgan fingerprint density at radius 1 is 0.947 bits per heavy atom. The SMILES string of the molecule is CC(C)c1ccc(Sc2ccc([C@H](C)N)nc2)cc1. The quantitative estimate of drug-likeness (QED) is 0.898. The molecule has 0 amide bonds. The lowest BCUT2D eigenvalue weighted by atomic mass is 10.0. The van der Waals surface area contributed by atoms with E-state index in [1.54, 1.807) is 11.8 Å². The number of aromatic nitrogens is 1. The van der Waals surface area contributed by atoms with Gasteiger partial charge < -0.3 is 5.73 Å². The molecule has 1 atom stereocenters. The highest BCUT2D eigenvalue weighted by atomic mass is 32.2. The topological polar surface area (TPSA) is 38.9 Å². The van der Waals surface area contributed by atoms with E-state index >= 15 is 0 Å². The zero-order chi connectivity index (χ0) is 13.8. The Morgan fingerprint density at radius 3 is 2.05 bits per heavy atom. The molecule has 1 aromatic carbocycles. The Morgan fingerprint density at radius 2 is 1.58 bits per heavy atom. The van der Waals surface area contributed by atoms with Crippen LogP contribution in [0.15, 0.2) is 52.4 Å². The molecular weight excluding hydrogens is 252 g/mol. The molecule has 2 nitrogen and oxygen atoms in total. The molecule has 2 aromatic rings. The molecule has 0 radical (unpaired) electrons. The molecule has 0 saturated carbocycles. The summed E-state index contributed by atoms with van der Waals surface area (Å²) in [6.45, 7) is 6.36. The molecule has 0 bridgehead atoms. The van der Waals surface area contributed by atoms with Crippen molar-refractivity contribution in [3.05, 3.63) is 53.9 Å². The largest absolute Gasteiger partial charge is 0.323 e. The fourth-order valence-corrected chi connectivity index (χ4v) is 2.56. The van der Waals surface area contributed by atoms with E-state index in [9.17, 15) is 0 Å². The van der Waals surface area contributed by atoms with E-state index in [4.69, 9.17) is 5.73 Å². The zero-order valence-corrected chi connectivity index (χ0v) is 12.4. The van der Waals surface area contributed by atoms with E-state index in [2.05, 4.69) is 49.2 Å². The minimum absolute atomic E-state index is 0.00984. The van der Waals surface area contributed by atoms with E-state index < -0.39 is 0 Å². The third-order valence-corrected chi connectivity index (χ3v) is 3.99. The Labute approximate surface area is 119 Å². The van der Waals surface area contributed by atoms with Crippen LogP contribution in [0, 0.1) is 0 Å². The fraction of sp³-hybridized carbons (Fsp3) is 0.312. The van der Waals surface area contributed by atoms with Gasteiger partial charge in [0.2, 0.25) is 0 Å². The summed E-state index contributed by atoms with van der Waals surface area (Å²) in [5.41, 5.74) is 8.09. The number of rotatable bonds is 4. The molecule has 1 aromatic heterocycles. The maximum Gasteiger partial charge on any atom is 0.0569 e. The van der Waals surface area contributed by atoms with Crippen molar-refractivity contribution < 1.29 is 0 Å². The van der Waals surface area contributed by atoms with Gasteiger partial charge in [-0.25, -0.2) is 0 Å². The Kier molecular flexibility index (Phi) is 4.61. The summed E-state index contributed by atoms with van der Waals surface area (Å²) in [6, 6.07) is 12.8. The van der Waals surface area contributed by atoms with Crippen molar-refractivity contribution in [2.75, 3.05) is 0 Å². The summed E-state index contributed by atoms with van der Waals surface area (Å²) in [5.74, 6) is 0.575. The van der Waals surface area contributed by atoms with Gasteiger partial charge in [0, 0.05) is 22.0 Å². The number of pyridine rings is 1. The molecule has 100 valence electrons. The molecule has 0 aliphatic carbocycles. The van der Waals surface area contributed by atoms with Crippen LogP contribution in [0.25, 0.3) is 0 Å². The molecule has 0 aliphatic rings. The average molecular weight is 272 g/mol. The lowest BCUT2D eigenvalue weighted by Gasteiger charge is -2.08. The monoisotopic (exact) mass is 272 g/mol. The number of hydrogen-bond acceptors (Lipinski definition) is 3. The lowest BCUT2D eigenvalue weighted by molar-refractivity contribution is 0.777. The Bertz CT molecular complexity index is 466. The summed E-state index contributed by atoms with van der Waals surface area (Å²) in [7, 11) is 0. The summed E-state index contributed by atoms with van der Waals surface area (Å²) in [4.78, 5) is 6.75. The molecule has 0 unspecified atom stereocenters. The van der Waals surface area contributed by atoms with Crippen LogP contribution in [0.2, 0.25) is 0 Å². The van der Waals surface area contributed by atoms with Crippen molar-refractivity contribution in [2.24, 2.45) is 5.73 Å². The zero-order valence-electron chi connectivity index (χ0n) is 11.6. The molecule has 2 N–H and O–H groups in total. The van der Waals surface area contributed by atoms with Gasteiger partial charge in [-0.3, -0.25) is 4.98 Å². The molecule has 1 heterocycles. The standard InChI is InChI=1S/C16H20N2S/c1-11(2)13-4-6-14(7-5-13)19-15-8-9-16(12(3)17)18-10-15/h4-12H,17H2,1-3H3/t12-/m0/s1. The van der Waals surface area contributed by atoms with Crippen LogP contribution in [-0.2, 0) is 0 Å². The second kappa shape index (κ2) is 6.22. The van der Waals surface area contributed by atoms with Gasteiger partial charge in [-0.15, -0.1) is 0 Å². The molecule has 2 rings (SSSR count). The van der Waals surface area contributed by atoms with Gasteiger partial charge in [-0.2, -0.15) is 0 Å². The van der Waals surface area contributed by atoms with Gasteiger partial charge in [-0.05, 0) is 42.7 Å². The number of benzene rings is 1. The van der Waals surface area contributed by atoms with E-state index in [1.807, 2.05) is 19.2 Å². The second-order valence-corrected chi connectivity index (χ2v) is 6.18. The highest BCUT2D eigenvalue weighted by Crippen LogP contribution is 2.28. The van der Waals surface area contributed by atoms with E-state index in [1.165, 1.54) is 10.5 Å². The van der Waals surface area contributed by atoms with E-state index in [0.717, 1.165) is 10.6 Å². The second-order valence-electron chi connectivity index (χ2n) is 5.03. The van der Waals surface area contributed by atoms with E-state index in [0.29, 0.717) is 5.92 Å². The van der Waals surface area contributed by atoms with Gasteiger partial charge in [-0.1, -0.05) is 37.7 Å². The number of nitrogens with two attached hydrogens (primary N) is 1. The van der Waals surface area contributed by atoms with Crippen LogP contribution in [0.5, 0.6) is 0 Å². The smallest absolute Gasteiger partial charge is 0.0569 e. The van der Waals surface area contributed by atoms with Gasteiger partial charge in [0.15, 0.2) is 0 Å². The van der Waals surface area contributed by atoms with Gasteiger partial charge in [0.1, 0.15) is 0 Å². The summed E-state index contributed by atoms with van der Waals surface area (Å²) in [6.07, 6.45) is 1.89. The van der Waals surface area contributed by atoms with Crippen molar-refractivity contribution in [3.63, 3.8) is 0 Å². The Hall–Kier alpha value is -1.32. The summed E-state index contributed by atoms with van der Waals surface area (Å²) < 4.78 is 0. The first kappa shape index (κ1) is 14.1. The fourth-order valence-electron chi connectivity index (χ4n) is 1.78. The van der Waals surface area contributed by atoms with Gasteiger partial charge in [0.25, 0.3) is 0 Å². The third kappa shape index (κ3) is 3.82. The number of hydrogen-bond donors (Lipinski definition) is 1. The predicted octanol–water partition coefficient (Wildman–Crippen LogP) is 4.38. The van der Waals surface area contributed by atoms with Gasteiger partial charge >= 0.3 is 0 Å². The van der Waals surface area contributed by atoms with Crippen molar-refractivity contribution in [2.45, 2.75) is 42.5 Å². The van der Waals surface area contributed by atoms with Crippen molar-refractivity contribution in [1.82, 2.24) is 4.98 Å². The van der Waals surface area contributed by atoms with Crippen molar-refractivity contribution in [1.29, 1.82) is 0 Å². The molecule has 0 saturated heterocycles. The molecule has 0 fully saturated rings. The minimum atomic E-state index is -0.00984. The van der Waals surface area contributed by atoms with Crippen LogP contribution in [-0.4, -0.2) is 4.98 Å². The molecule has 3 heteroatoms. The Balaban J connectivity index is 2.08. The highest BCUT2D eigenvalue weighted by Gasteiger charge is 2.03. The predicted molar refractivity (Wildman–Crippen MR) is 81.5 cm³/mol. The van der Waals surface area contributed by atoms with Crippen LogP contribution >= 0.6 is 11.8 Å². The minimum Gasteiger partial charge on any atom is -0.323 e. The first-order valence-electron chi connectivity index (χ1n) is 6.55. The molecular formula is C16H20N2S. The average Bonchev–Trinajstić information content (AvgIpc) is 2.40. The normalized spacial score (nSPS) is 12.7. The first-order valence-corrected chi connectivity index (χ1v) is 7.37. The summed E-state index contributed by atoms with van der Waals surface area (Å²) >= 11 is 1.73. The van der Waals surface area contributed by atoms with Gasteiger partial charge in [0.05, 0.1) is 5.69 Å². The van der Waals surface area contributed by atoms with E-state index in [-0.39, 0.29) is 6.04 Å². The number of nitrogens with zero attached hydrogens (tertiary/aromatic N) is 1. The molecule has 0 aliphatic heterocycles.